The van der Waals surface area contributed by atoms with Gasteiger partial charge in [0.05, 0.1) is 31.9 Å². The molecule has 0 atom stereocenters. The Bertz CT molecular complexity index is 1630. The van der Waals surface area contributed by atoms with E-state index in [4.69, 9.17) is 34.8 Å². The third kappa shape index (κ3) is 9.13. The number of alkyl halides is 2. The van der Waals surface area contributed by atoms with Crippen LogP contribution < -0.4 is 10.5 Å². The quantitative estimate of drug-likeness (QED) is 0.0718. The van der Waals surface area contributed by atoms with E-state index < -0.39 is 32.3 Å². The van der Waals surface area contributed by atoms with Crippen LogP contribution >= 0.6 is 7.60 Å². The molecular weight excluding hydrogens is 599 g/mol. The van der Waals surface area contributed by atoms with Gasteiger partial charge in [0.15, 0.2) is 5.82 Å². The van der Waals surface area contributed by atoms with Crippen molar-refractivity contribution in [2.24, 2.45) is 0 Å². The lowest BCUT2D eigenvalue weighted by Gasteiger charge is -2.17. The first-order valence-corrected chi connectivity index (χ1v) is 15.5. The Balaban J connectivity index is 1.21. The highest BCUT2D eigenvalue weighted by atomic mass is 31.2. The van der Waals surface area contributed by atoms with Gasteiger partial charge in [-0.2, -0.15) is 8.78 Å². The molecule has 11 nitrogen and oxygen atoms in total. The van der Waals surface area contributed by atoms with Crippen molar-refractivity contribution in [2.75, 3.05) is 38.8 Å². The van der Waals surface area contributed by atoms with Crippen molar-refractivity contribution in [3.8, 4) is 5.75 Å². The molecule has 2 aromatic heterocycles. The molecule has 2 aromatic carbocycles. The third-order valence-corrected chi connectivity index (χ3v) is 7.95. The number of aliphatic carboxylic acids is 1. The van der Waals surface area contributed by atoms with Crippen molar-refractivity contribution in [1.82, 2.24) is 9.97 Å². The molecule has 0 aliphatic carbocycles. The number of anilines is 1. The lowest BCUT2D eigenvalue weighted by atomic mass is 10.0. The molecule has 44 heavy (non-hydrogen) atoms. The Labute approximate surface area is 252 Å². The maximum absolute atomic E-state index is 13.2. The number of rotatable bonds is 17. The fourth-order valence-corrected chi connectivity index (χ4v) is 4.85. The van der Waals surface area contributed by atoms with Gasteiger partial charge in [-0.05, 0) is 60.2 Å². The summed E-state index contributed by atoms with van der Waals surface area (Å²) in [7, 11) is -5.49. The molecule has 0 bridgehead atoms. The summed E-state index contributed by atoms with van der Waals surface area (Å²) in [6, 6.07) is 15.5. The standard InChI is InChI=1S/C30H34F2N3O8P/c31-30(32,44(38,39)40)11-12-41-13-14-42-15-16-43-23-7-3-20(4-8-23)1-2-22-17-25-24-9-5-21(6-10-27(36)37)18-26(24)35-29(33)28(25)34-19-22/h3-5,7-9,17-19H,1-2,6,10-16H2,(H2,33,35)(H,36,37)(H2,38,39,40). The van der Waals surface area contributed by atoms with Gasteiger partial charge in [0.1, 0.15) is 17.9 Å². The summed E-state index contributed by atoms with van der Waals surface area (Å²) in [5.41, 5.74) is 6.44. The van der Waals surface area contributed by atoms with Crippen LogP contribution in [0.5, 0.6) is 5.75 Å². The van der Waals surface area contributed by atoms with Crippen molar-refractivity contribution in [3.63, 3.8) is 0 Å². The molecule has 0 fully saturated rings. The molecular formula is C30H34F2N3O8P. The average molecular weight is 634 g/mol. The Morgan fingerprint density at radius 2 is 1.52 bits per heavy atom. The van der Waals surface area contributed by atoms with E-state index >= 15 is 0 Å². The first kappa shape index (κ1) is 33.2. The molecule has 0 unspecified atom stereocenters. The first-order valence-electron chi connectivity index (χ1n) is 13.9. The maximum atomic E-state index is 13.2. The van der Waals surface area contributed by atoms with Crippen LogP contribution in [0.2, 0.25) is 0 Å². The van der Waals surface area contributed by atoms with Crippen LogP contribution in [0, 0.1) is 0 Å². The van der Waals surface area contributed by atoms with Crippen molar-refractivity contribution in [3.05, 3.63) is 71.4 Å². The number of nitrogens with zero attached hydrogens (tertiary/aromatic N) is 2. The van der Waals surface area contributed by atoms with Crippen molar-refractivity contribution in [2.45, 2.75) is 37.8 Å². The van der Waals surface area contributed by atoms with Crippen LogP contribution in [0.4, 0.5) is 14.6 Å². The van der Waals surface area contributed by atoms with Crippen molar-refractivity contribution in [1.29, 1.82) is 0 Å². The molecule has 236 valence electrons. The molecule has 4 rings (SSSR count). The number of aryl methyl sites for hydroxylation is 3. The van der Waals surface area contributed by atoms with Crippen LogP contribution in [0.3, 0.4) is 0 Å². The number of pyridine rings is 2. The highest BCUT2D eigenvalue weighted by Gasteiger charge is 2.48. The second-order valence-electron chi connectivity index (χ2n) is 10.2. The highest BCUT2D eigenvalue weighted by Crippen LogP contribution is 2.54. The second-order valence-corrected chi connectivity index (χ2v) is 11.9. The summed E-state index contributed by atoms with van der Waals surface area (Å²) >= 11 is 0. The SMILES string of the molecule is Nc1nc2cc(CCC(=O)O)ccc2c2cc(CCc3ccc(OCCOCCOCCC(F)(F)P(=O)(O)O)cc3)cnc12. The number of aromatic nitrogens is 2. The van der Waals surface area contributed by atoms with Crippen LogP contribution in [0.15, 0.2) is 54.7 Å². The minimum Gasteiger partial charge on any atom is -0.491 e. The summed E-state index contributed by atoms with van der Waals surface area (Å²) in [4.78, 5) is 37.1. The van der Waals surface area contributed by atoms with Crippen LogP contribution in [0.1, 0.15) is 29.5 Å². The van der Waals surface area contributed by atoms with E-state index in [1.165, 1.54) is 0 Å². The number of ether oxygens (including phenoxy) is 3. The Morgan fingerprint density at radius 1 is 0.864 bits per heavy atom. The van der Waals surface area contributed by atoms with Crippen molar-refractivity contribution >= 4 is 41.2 Å². The van der Waals surface area contributed by atoms with Crippen molar-refractivity contribution < 1.29 is 47.2 Å². The number of hydrogen-bond acceptors (Lipinski definition) is 8. The smallest absolute Gasteiger partial charge is 0.394 e. The van der Waals surface area contributed by atoms with Gasteiger partial charge in [-0.3, -0.25) is 14.3 Å². The van der Waals surface area contributed by atoms with Gasteiger partial charge in [-0.15, -0.1) is 0 Å². The number of nitrogens with two attached hydrogens (primary N) is 1. The van der Waals surface area contributed by atoms with Gasteiger partial charge in [0, 0.05) is 29.8 Å². The zero-order valence-corrected chi connectivity index (χ0v) is 24.7. The first-order chi connectivity index (χ1) is 20.9. The van der Waals surface area contributed by atoms with Gasteiger partial charge in [0.2, 0.25) is 0 Å². The van der Waals surface area contributed by atoms with E-state index in [9.17, 15) is 18.1 Å². The molecule has 5 N–H and O–H groups in total. The van der Waals surface area contributed by atoms with E-state index in [2.05, 4.69) is 16.0 Å². The normalized spacial score (nSPS) is 12.2. The number of nitrogen functional groups attached to an aromatic ring is 1. The average Bonchev–Trinajstić information content (AvgIpc) is 2.98. The van der Waals surface area contributed by atoms with Gasteiger partial charge >= 0.3 is 19.2 Å². The number of hydrogen-bond donors (Lipinski definition) is 4. The number of carbonyl (C=O) groups is 1. The zero-order valence-electron chi connectivity index (χ0n) is 23.8. The van der Waals surface area contributed by atoms with E-state index in [-0.39, 0.29) is 32.8 Å². The fraction of sp³-hybridized carbons (Fsp3) is 0.367. The second kappa shape index (κ2) is 14.8. The summed E-state index contributed by atoms with van der Waals surface area (Å²) in [5.74, 6) is 0.139. The predicted molar refractivity (Wildman–Crippen MR) is 160 cm³/mol. The summed E-state index contributed by atoms with van der Waals surface area (Å²) in [6.07, 6.45) is 2.70. The molecule has 2 heterocycles. The molecule has 0 aliphatic rings. The fourth-order valence-electron chi connectivity index (χ4n) is 4.46. The Morgan fingerprint density at radius 3 is 2.23 bits per heavy atom. The Kier molecular flexibility index (Phi) is 11.2. The van der Waals surface area contributed by atoms with Gasteiger partial charge in [-0.25, -0.2) is 4.98 Å². The molecule has 14 heteroatoms. The minimum atomic E-state index is -5.49. The number of halogens is 2. The van der Waals surface area contributed by atoms with E-state index in [0.29, 0.717) is 29.0 Å². The van der Waals surface area contributed by atoms with E-state index in [1.54, 1.807) is 6.20 Å². The summed E-state index contributed by atoms with van der Waals surface area (Å²) in [5, 5.41) is 10.8. The zero-order chi connectivity index (χ0) is 31.7. The minimum absolute atomic E-state index is 0.00862. The number of carboxylic acids is 1. The summed E-state index contributed by atoms with van der Waals surface area (Å²) in [6.45, 7) is 0.153. The molecule has 0 saturated heterocycles. The summed E-state index contributed by atoms with van der Waals surface area (Å²) < 4.78 is 52.9. The van der Waals surface area contributed by atoms with Gasteiger partial charge in [0.25, 0.3) is 0 Å². The van der Waals surface area contributed by atoms with E-state index in [1.807, 2.05) is 42.5 Å². The largest absolute Gasteiger partial charge is 0.491 e. The molecule has 0 amide bonds. The van der Waals surface area contributed by atoms with Gasteiger partial charge < -0.3 is 34.8 Å². The number of carboxylic acid groups (broad SMARTS) is 1. The Hall–Kier alpha value is -3.74. The van der Waals surface area contributed by atoms with Crippen LogP contribution in [-0.2, 0) is 38.1 Å². The predicted octanol–water partition coefficient (Wildman–Crippen LogP) is 4.74. The number of benzene rings is 2. The van der Waals surface area contributed by atoms with Crippen LogP contribution in [0.25, 0.3) is 21.8 Å². The molecule has 0 saturated carbocycles. The molecule has 0 radical (unpaired) electrons. The van der Waals surface area contributed by atoms with Gasteiger partial charge in [-0.1, -0.05) is 24.3 Å². The molecule has 0 aliphatic heterocycles. The van der Waals surface area contributed by atoms with Crippen LogP contribution in [-0.4, -0.2) is 69.5 Å². The van der Waals surface area contributed by atoms with E-state index in [0.717, 1.165) is 40.3 Å². The highest BCUT2D eigenvalue weighted by molar-refractivity contribution is 7.53. The molecule has 4 aromatic rings. The molecule has 0 spiro atoms. The number of fused-ring (bicyclic) bond motifs is 3. The third-order valence-electron chi connectivity index (χ3n) is 6.88. The lowest BCUT2D eigenvalue weighted by Crippen LogP contribution is -2.20. The monoisotopic (exact) mass is 633 g/mol. The maximum Gasteiger partial charge on any atom is 0.394 e. The lowest BCUT2D eigenvalue weighted by molar-refractivity contribution is -0.136. The topological polar surface area (TPSA) is 174 Å².